The number of fused-ring (bicyclic) bond motifs is 2. The molecule has 10 nitrogen and oxygen atoms in total. The van der Waals surface area contributed by atoms with E-state index in [1.54, 1.807) is 7.05 Å². The number of pyridine rings is 1. The number of aromatic nitrogens is 7. The molecule has 3 atom stereocenters. The molecule has 1 unspecified atom stereocenters. The van der Waals surface area contributed by atoms with Gasteiger partial charge in [0.2, 0.25) is 11.9 Å². The molecule has 0 amide bonds. The Balaban J connectivity index is 1.17. The first kappa shape index (κ1) is 26.3. The highest BCUT2D eigenvalue weighted by Crippen LogP contribution is 2.50. The van der Waals surface area contributed by atoms with Crippen LogP contribution < -0.4 is 15.4 Å². The number of hydrogen-bond donors (Lipinski definition) is 0. The summed E-state index contributed by atoms with van der Waals surface area (Å²) in [6.45, 7) is 3.44. The molecule has 0 bridgehead atoms. The van der Waals surface area contributed by atoms with E-state index in [9.17, 15) is 9.18 Å². The Morgan fingerprint density at radius 3 is 2.59 bits per heavy atom. The first-order chi connectivity index (χ1) is 19.7. The van der Waals surface area contributed by atoms with Gasteiger partial charge in [0.1, 0.15) is 11.5 Å². The van der Waals surface area contributed by atoms with Crippen molar-refractivity contribution in [1.29, 1.82) is 0 Å². The molecule has 7 rings (SSSR count). The molecular weight excluding hydrogens is 660 g/mol. The lowest BCUT2D eigenvalue weighted by molar-refractivity contribution is 0.623. The zero-order chi connectivity index (χ0) is 28.6. The zero-order valence-electron chi connectivity index (χ0n) is 22.3. The maximum atomic E-state index is 14.4. The molecular formula is C28H24ClFIN9O. The maximum absolute atomic E-state index is 14.4. The molecule has 5 aromatic rings. The molecule has 2 fully saturated rings. The molecule has 4 aromatic heterocycles. The first-order valence-corrected chi connectivity index (χ1v) is 14.5. The molecule has 0 radical (unpaired) electrons. The molecule has 5 heterocycles. The number of anilines is 2. The van der Waals surface area contributed by atoms with E-state index in [-0.39, 0.29) is 17.2 Å². The lowest BCUT2D eigenvalue weighted by atomic mass is 10.1. The van der Waals surface area contributed by atoms with Gasteiger partial charge in [-0.15, -0.1) is 0 Å². The van der Waals surface area contributed by atoms with Gasteiger partial charge in [0, 0.05) is 68.5 Å². The second-order valence-electron chi connectivity index (χ2n) is 10.5. The SMILES string of the molecule is Cc1nc(N2C[C@@H]3C(N(C)c4nc(-c5ccncc5F)cc(=O)n4C)[C@@H]3C2)n2nc(-c3ccccc3Cl)c(I)c2n1. The van der Waals surface area contributed by atoms with Gasteiger partial charge in [-0.05, 0) is 41.6 Å². The molecule has 208 valence electrons. The van der Waals surface area contributed by atoms with Gasteiger partial charge >= 0.3 is 0 Å². The fourth-order valence-corrected chi connectivity index (χ4v) is 6.93. The molecule has 0 spiro atoms. The molecule has 0 N–H and O–H groups in total. The summed E-state index contributed by atoms with van der Waals surface area (Å²) in [6.07, 6.45) is 2.62. The highest BCUT2D eigenvalue weighted by molar-refractivity contribution is 14.1. The predicted molar refractivity (Wildman–Crippen MR) is 163 cm³/mol. The topological polar surface area (TPSA) is 97.3 Å². The van der Waals surface area contributed by atoms with Crippen molar-refractivity contribution in [1.82, 2.24) is 34.1 Å². The van der Waals surface area contributed by atoms with E-state index in [1.807, 2.05) is 47.7 Å². The van der Waals surface area contributed by atoms with Crippen LogP contribution in [0.25, 0.3) is 28.2 Å². The van der Waals surface area contributed by atoms with Gasteiger partial charge in [-0.1, -0.05) is 29.8 Å². The van der Waals surface area contributed by atoms with E-state index >= 15 is 0 Å². The van der Waals surface area contributed by atoms with Crippen LogP contribution in [-0.2, 0) is 7.05 Å². The average Bonchev–Trinajstić information content (AvgIpc) is 3.27. The molecule has 1 aromatic carbocycles. The first-order valence-electron chi connectivity index (χ1n) is 13.1. The minimum Gasteiger partial charge on any atom is -0.342 e. The van der Waals surface area contributed by atoms with Gasteiger partial charge in [0.25, 0.3) is 5.56 Å². The van der Waals surface area contributed by atoms with Crippen LogP contribution >= 0.6 is 34.2 Å². The smallest absolute Gasteiger partial charge is 0.255 e. The normalized spacial score (nSPS) is 19.6. The number of aryl methyl sites for hydroxylation is 1. The van der Waals surface area contributed by atoms with Crippen LogP contribution in [0.1, 0.15) is 5.82 Å². The Morgan fingerprint density at radius 2 is 1.85 bits per heavy atom. The highest BCUT2D eigenvalue weighted by atomic mass is 127. The minimum atomic E-state index is -0.516. The quantitative estimate of drug-likeness (QED) is 0.254. The van der Waals surface area contributed by atoms with E-state index < -0.39 is 5.82 Å². The Kier molecular flexibility index (Phi) is 6.23. The molecule has 13 heteroatoms. The second kappa shape index (κ2) is 9.72. The van der Waals surface area contributed by atoms with Gasteiger partial charge in [-0.2, -0.15) is 14.6 Å². The van der Waals surface area contributed by atoms with E-state index in [0.29, 0.717) is 34.3 Å². The molecule has 1 saturated heterocycles. The van der Waals surface area contributed by atoms with Crippen LogP contribution in [0.5, 0.6) is 0 Å². The van der Waals surface area contributed by atoms with Gasteiger partial charge in [0.15, 0.2) is 11.5 Å². The van der Waals surface area contributed by atoms with Crippen LogP contribution in [0.4, 0.5) is 16.3 Å². The number of benzene rings is 1. The lowest BCUT2D eigenvalue weighted by Crippen LogP contribution is -2.37. The zero-order valence-corrected chi connectivity index (χ0v) is 25.2. The van der Waals surface area contributed by atoms with Crippen LogP contribution in [0.3, 0.4) is 0 Å². The fourth-order valence-electron chi connectivity index (χ4n) is 5.96. The number of piperidine rings is 1. The summed E-state index contributed by atoms with van der Waals surface area (Å²) < 4.78 is 18.7. The molecule has 1 aliphatic heterocycles. The third-order valence-corrected chi connectivity index (χ3v) is 9.33. The summed E-state index contributed by atoms with van der Waals surface area (Å²) >= 11 is 8.78. The van der Waals surface area contributed by atoms with Gasteiger partial charge in [0.05, 0.1) is 20.5 Å². The van der Waals surface area contributed by atoms with Crippen molar-refractivity contribution < 1.29 is 4.39 Å². The maximum Gasteiger partial charge on any atom is 0.255 e. The van der Waals surface area contributed by atoms with E-state index in [2.05, 4.69) is 37.5 Å². The third-order valence-electron chi connectivity index (χ3n) is 8.01. The molecule has 41 heavy (non-hydrogen) atoms. The number of rotatable bonds is 5. The summed E-state index contributed by atoms with van der Waals surface area (Å²) in [4.78, 5) is 35.1. The van der Waals surface area contributed by atoms with Crippen molar-refractivity contribution in [3.63, 3.8) is 0 Å². The summed E-state index contributed by atoms with van der Waals surface area (Å²) in [7, 11) is 3.63. The van der Waals surface area contributed by atoms with Crippen molar-refractivity contribution in [2.45, 2.75) is 13.0 Å². The Morgan fingerprint density at radius 1 is 1.10 bits per heavy atom. The highest BCUT2D eigenvalue weighted by Gasteiger charge is 2.59. The average molecular weight is 684 g/mol. The van der Waals surface area contributed by atoms with Crippen molar-refractivity contribution >= 4 is 51.7 Å². The van der Waals surface area contributed by atoms with Crippen LogP contribution in [-0.4, -0.2) is 60.3 Å². The predicted octanol–water partition coefficient (Wildman–Crippen LogP) is 4.22. The summed E-state index contributed by atoms with van der Waals surface area (Å²) in [5.41, 5.74) is 2.67. The molecule has 1 aliphatic carbocycles. The van der Waals surface area contributed by atoms with Crippen LogP contribution in [0.2, 0.25) is 5.02 Å². The largest absolute Gasteiger partial charge is 0.342 e. The Bertz CT molecular complexity index is 1900. The minimum absolute atomic E-state index is 0.191. The Hall–Kier alpha value is -3.65. The third kappa shape index (κ3) is 4.26. The van der Waals surface area contributed by atoms with Crippen molar-refractivity contribution in [3.05, 3.63) is 79.4 Å². The van der Waals surface area contributed by atoms with Crippen molar-refractivity contribution in [3.8, 4) is 22.5 Å². The van der Waals surface area contributed by atoms with E-state index in [4.69, 9.17) is 26.7 Å². The van der Waals surface area contributed by atoms with Crippen LogP contribution in [0, 0.1) is 28.1 Å². The van der Waals surface area contributed by atoms with Gasteiger partial charge < -0.3 is 9.80 Å². The Labute approximate surface area is 253 Å². The summed E-state index contributed by atoms with van der Waals surface area (Å²) in [6, 6.07) is 10.7. The lowest BCUT2D eigenvalue weighted by Gasteiger charge is -2.27. The van der Waals surface area contributed by atoms with Crippen molar-refractivity contribution in [2.24, 2.45) is 18.9 Å². The number of halogens is 3. The number of nitrogens with zero attached hydrogens (tertiary/aromatic N) is 9. The standard InChI is InChI=1S/C28H24ClFIN9O/c1-14-33-26-23(31)24(15-6-4-5-7-19(15)29)36-40(26)28(34-14)39-12-17-18(13-39)25(17)38(3)27-35-21(10-22(41)37(27)2)16-8-9-32-11-20(16)30/h4-11,17-18,25H,12-13H2,1-3H3/t17-,18+,25?. The summed E-state index contributed by atoms with van der Waals surface area (Å²) in [5.74, 6) is 2.10. The van der Waals surface area contributed by atoms with Crippen LogP contribution in [0.15, 0.2) is 53.6 Å². The van der Waals surface area contributed by atoms with Crippen molar-refractivity contribution in [2.75, 3.05) is 29.9 Å². The monoisotopic (exact) mass is 683 g/mol. The summed E-state index contributed by atoms with van der Waals surface area (Å²) in [5, 5.41) is 5.53. The second-order valence-corrected chi connectivity index (χ2v) is 12.0. The van der Waals surface area contributed by atoms with Gasteiger partial charge in [-0.3, -0.25) is 14.3 Å². The van der Waals surface area contributed by atoms with E-state index in [1.165, 1.54) is 22.9 Å². The fraction of sp³-hybridized carbons (Fsp3) is 0.286. The van der Waals surface area contributed by atoms with Gasteiger partial charge in [-0.25, -0.2) is 14.4 Å². The van der Waals surface area contributed by atoms with E-state index in [0.717, 1.165) is 45.7 Å². The number of hydrogen-bond acceptors (Lipinski definition) is 8. The molecule has 2 aliphatic rings. The molecule has 1 saturated carbocycles.